The Hall–Kier alpha value is -3.42. The highest BCUT2D eigenvalue weighted by molar-refractivity contribution is 6.43. The minimum absolute atomic E-state index is 0.0606. The summed E-state index contributed by atoms with van der Waals surface area (Å²) in [6, 6.07) is 13.3. The number of nitro benzene ring substituents is 1. The van der Waals surface area contributed by atoms with Gasteiger partial charge in [0.25, 0.3) is 5.69 Å². The first kappa shape index (κ1) is 19.9. The molecule has 8 nitrogen and oxygen atoms in total. The number of anilines is 2. The van der Waals surface area contributed by atoms with E-state index < -0.39 is 10.9 Å². The van der Waals surface area contributed by atoms with Crippen molar-refractivity contribution in [3.05, 3.63) is 64.2 Å². The van der Waals surface area contributed by atoms with Crippen LogP contribution in [0, 0.1) is 10.1 Å². The lowest BCUT2D eigenvalue weighted by atomic mass is 10.1. The van der Waals surface area contributed by atoms with E-state index in [1.165, 1.54) is 24.3 Å². The molecule has 142 valence electrons. The molecule has 0 spiro atoms. The van der Waals surface area contributed by atoms with E-state index in [0.717, 1.165) is 11.4 Å². The molecular formula is C19H22N4O4. The molecule has 0 saturated heterocycles. The Balaban J connectivity index is 2.37. The van der Waals surface area contributed by atoms with E-state index >= 15 is 0 Å². The van der Waals surface area contributed by atoms with Crippen LogP contribution in [0.3, 0.4) is 0 Å². The Kier molecular flexibility index (Phi) is 6.48. The van der Waals surface area contributed by atoms with Crippen LogP contribution >= 0.6 is 0 Å². The van der Waals surface area contributed by atoms with Gasteiger partial charge in [-0.1, -0.05) is 0 Å². The molecule has 0 amide bonds. The van der Waals surface area contributed by atoms with Gasteiger partial charge in [-0.15, -0.1) is 0 Å². The second kappa shape index (κ2) is 8.79. The van der Waals surface area contributed by atoms with Gasteiger partial charge in [0, 0.05) is 44.5 Å². The smallest absolute Gasteiger partial charge is 0.359 e. The summed E-state index contributed by atoms with van der Waals surface area (Å²) < 4.78 is 5.09. The fourth-order valence-corrected chi connectivity index (χ4v) is 2.33. The number of rotatable bonds is 7. The average Bonchev–Trinajstić information content (AvgIpc) is 2.66. The zero-order valence-electron chi connectivity index (χ0n) is 15.7. The van der Waals surface area contributed by atoms with E-state index in [0.29, 0.717) is 5.56 Å². The van der Waals surface area contributed by atoms with Crippen LogP contribution in [-0.4, -0.2) is 44.4 Å². The van der Waals surface area contributed by atoms with Crippen LogP contribution in [0.5, 0.6) is 0 Å². The summed E-state index contributed by atoms with van der Waals surface area (Å²) in [5.41, 5.74) is 2.28. The largest absolute Gasteiger partial charge is 0.461 e. The molecule has 0 atom stereocenters. The molecule has 0 aliphatic rings. The summed E-state index contributed by atoms with van der Waals surface area (Å²) >= 11 is 0. The number of benzene rings is 2. The maximum Gasteiger partial charge on any atom is 0.359 e. The van der Waals surface area contributed by atoms with Crippen molar-refractivity contribution in [3.63, 3.8) is 0 Å². The first-order valence-corrected chi connectivity index (χ1v) is 8.35. The quantitative estimate of drug-likeness (QED) is 0.322. The molecule has 0 radical (unpaired) electrons. The zero-order valence-corrected chi connectivity index (χ0v) is 15.7. The molecule has 0 aliphatic heterocycles. The van der Waals surface area contributed by atoms with Gasteiger partial charge in [0.1, 0.15) is 0 Å². The molecule has 0 N–H and O–H groups in total. The van der Waals surface area contributed by atoms with E-state index in [9.17, 15) is 14.9 Å². The fourth-order valence-electron chi connectivity index (χ4n) is 2.33. The van der Waals surface area contributed by atoms with Crippen molar-refractivity contribution in [3.8, 4) is 0 Å². The number of nitro groups is 1. The number of carbonyl (C=O) groups excluding carboxylic acids is 1. The molecule has 27 heavy (non-hydrogen) atoms. The van der Waals surface area contributed by atoms with Gasteiger partial charge in [0.05, 0.1) is 17.2 Å². The lowest BCUT2D eigenvalue weighted by Gasteiger charge is -2.18. The predicted octanol–water partition coefficient (Wildman–Crippen LogP) is 3.06. The molecule has 0 bridgehead atoms. The van der Waals surface area contributed by atoms with Gasteiger partial charge in [0.2, 0.25) is 0 Å². The minimum atomic E-state index is -0.594. The first-order valence-electron chi connectivity index (χ1n) is 8.35. The Morgan fingerprint density at radius 2 is 1.59 bits per heavy atom. The summed E-state index contributed by atoms with van der Waals surface area (Å²) in [7, 11) is 5.62. The summed E-state index contributed by atoms with van der Waals surface area (Å²) in [5.74, 6) is -0.594. The number of hydrogen-bond acceptors (Lipinski definition) is 7. The van der Waals surface area contributed by atoms with Crippen molar-refractivity contribution < 1.29 is 14.5 Å². The zero-order chi connectivity index (χ0) is 20.0. The standard InChI is InChI=1S/C19H22N4O4/c1-5-27-19(24)18(14-6-8-17(9-7-14)23(25)26)20-22(4)16-12-10-15(11-13-16)21(2)3/h6-13H,5H2,1-4H3/b20-18-. The third kappa shape index (κ3) is 5.04. The maximum absolute atomic E-state index is 12.4. The van der Waals surface area contributed by atoms with Crippen LogP contribution in [0.1, 0.15) is 12.5 Å². The summed E-state index contributed by atoms with van der Waals surface area (Å²) in [5, 5.41) is 16.8. The lowest BCUT2D eigenvalue weighted by Crippen LogP contribution is -2.23. The van der Waals surface area contributed by atoms with E-state index in [2.05, 4.69) is 5.10 Å². The van der Waals surface area contributed by atoms with Gasteiger partial charge in [0.15, 0.2) is 5.71 Å². The Morgan fingerprint density at radius 3 is 2.07 bits per heavy atom. The van der Waals surface area contributed by atoms with Gasteiger partial charge >= 0.3 is 5.97 Å². The van der Waals surface area contributed by atoms with Crippen LogP contribution in [-0.2, 0) is 9.53 Å². The van der Waals surface area contributed by atoms with Crippen LogP contribution < -0.4 is 9.91 Å². The SMILES string of the molecule is CCOC(=O)/C(=N\N(C)c1ccc(N(C)C)cc1)c1ccc([N+](=O)[O-])cc1. The van der Waals surface area contributed by atoms with Crippen molar-refractivity contribution in [2.24, 2.45) is 5.10 Å². The Morgan fingerprint density at radius 1 is 1.04 bits per heavy atom. The number of ether oxygens (including phenoxy) is 1. The number of hydrogen-bond donors (Lipinski definition) is 0. The fraction of sp³-hybridized carbons (Fsp3) is 0.263. The van der Waals surface area contributed by atoms with Crippen LogP contribution in [0.25, 0.3) is 0 Å². The maximum atomic E-state index is 12.4. The molecule has 0 fully saturated rings. The Labute approximate surface area is 157 Å². The van der Waals surface area contributed by atoms with Gasteiger partial charge in [-0.3, -0.25) is 15.1 Å². The molecule has 0 saturated carbocycles. The second-order valence-electron chi connectivity index (χ2n) is 5.91. The molecule has 2 aromatic carbocycles. The van der Waals surface area contributed by atoms with E-state index in [1.54, 1.807) is 19.0 Å². The van der Waals surface area contributed by atoms with Gasteiger partial charge in [-0.25, -0.2) is 4.79 Å². The molecule has 0 unspecified atom stereocenters. The molecule has 0 aliphatic carbocycles. The number of carbonyl (C=O) groups is 1. The van der Waals surface area contributed by atoms with Crippen molar-refractivity contribution in [1.29, 1.82) is 0 Å². The van der Waals surface area contributed by atoms with Crippen molar-refractivity contribution in [2.75, 3.05) is 37.7 Å². The number of non-ortho nitro benzene ring substituents is 1. The molecule has 2 rings (SSSR count). The van der Waals surface area contributed by atoms with Crippen molar-refractivity contribution >= 4 is 28.7 Å². The second-order valence-corrected chi connectivity index (χ2v) is 5.91. The normalized spacial score (nSPS) is 11.0. The summed E-state index contributed by atoms with van der Waals surface area (Å²) in [6.45, 7) is 1.90. The summed E-state index contributed by atoms with van der Waals surface area (Å²) in [6.07, 6.45) is 0. The van der Waals surface area contributed by atoms with Crippen LogP contribution in [0.15, 0.2) is 53.6 Å². The first-order chi connectivity index (χ1) is 12.8. The number of esters is 1. The highest BCUT2D eigenvalue weighted by Crippen LogP contribution is 2.20. The van der Waals surface area contributed by atoms with Crippen LogP contribution in [0.2, 0.25) is 0 Å². The van der Waals surface area contributed by atoms with E-state index in [-0.39, 0.29) is 18.0 Å². The van der Waals surface area contributed by atoms with Gasteiger partial charge in [-0.05, 0) is 43.3 Å². The molecule has 2 aromatic rings. The molecular weight excluding hydrogens is 348 g/mol. The van der Waals surface area contributed by atoms with E-state index in [1.807, 2.05) is 43.3 Å². The lowest BCUT2D eigenvalue weighted by molar-refractivity contribution is -0.384. The van der Waals surface area contributed by atoms with E-state index in [4.69, 9.17) is 4.74 Å². The summed E-state index contributed by atoms with van der Waals surface area (Å²) in [4.78, 5) is 24.7. The third-order valence-electron chi connectivity index (χ3n) is 3.81. The number of nitrogens with zero attached hydrogens (tertiary/aromatic N) is 4. The topological polar surface area (TPSA) is 88.3 Å². The average molecular weight is 370 g/mol. The number of hydrazone groups is 1. The highest BCUT2D eigenvalue weighted by atomic mass is 16.6. The Bertz CT molecular complexity index is 830. The molecule has 0 aromatic heterocycles. The molecule has 0 heterocycles. The van der Waals surface area contributed by atoms with Crippen molar-refractivity contribution in [2.45, 2.75) is 6.92 Å². The minimum Gasteiger partial charge on any atom is -0.461 e. The van der Waals surface area contributed by atoms with Gasteiger partial charge < -0.3 is 9.64 Å². The predicted molar refractivity (Wildman–Crippen MR) is 105 cm³/mol. The van der Waals surface area contributed by atoms with Gasteiger partial charge in [-0.2, -0.15) is 5.10 Å². The van der Waals surface area contributed by atoms with Crippen molar-refractivity contribution in [1.82, 2.24) is 0 Å². The third-order valence-corrected chi connectivity index (χ3v) is 3.81. The highest BCUT2D eigenvalue weighted by Gasteiger charge is 2.18. The van der Waals surface area contributed by atoms with Crippen LogP contribution in [0.4, 0.5) is 17.1 Å². The molecule has 8 heteroatoms. The monoisotopic (exact) mass is 370 g/mol.